The Morgan fingerprint density at radius 1 is 1.50 bits per heavy atom. The highest BCUT2D eigenvalue weighted by molar-refractivity contribution is 7.99. The molecule has 0 spiro atoms. The molecule has 0 aromatic carbocycles. The van der Waals surface area contributed by atoms with Crippen LogP contribution in [-0.2, 0) is 0 Å². The summed E-state index contributed by atoms with van der Waals surface area (Å²) in [6.07, 6.45) is 0. The van der Waals surface area contributed by atoms with Crippen LogP contribution in [0.1, 0.15) is 13.8 Å². The Balaban J connectivity index is 2.40. The van der Waals surface area contributed by atoms with Crippen molar-refractivity contribution in [3.05, 3.63) is 0 Å². The predicted molar refractivity (Wildman–Crippen MR) is 48.6 cm³/mol. The third-order valence-electron chi connectivity index (χ3n) is 2.21. The zero-order valence-corrected chi connectivity index (χ0v) is 7.95. The van der Waals surface area contributed by atoms with Crippen LogP contribution in [-0.4, -0.2) is 36.0 Å². The molecular weight excluding hydrogens is 142 g/mol. The van der Waals surface area contributed by atoms with Gasteiger partial charge in [-0.15, -0.1) is 0 Å². The number of hydrogen-bond acceptors (Lipinski definition) is 2. The quantitative estimate of drug-likeness (QED) is 0.573. The molecule has 0 bridgehead atoms. The SMILES string of the molecule is CC(C)C1CSCCN1C. The minimum atomic E-state index is 0.817. The Labute approximate surface area is 68.2 Å². The molecule has 1 heterocycles. The van der Waals surface area contributed by atoms with Gasteiger partial charge >= 0.3 is 0 Å². The summed E-state index contributed by atoms with van der Waals surface area (Å²) < 4.78 is 0. The number of rotatable bonds is 1. The summed E-state index contributed by atoms with van der Waals surface area (Å²) >= 11 is 2.09. The number of hydrogen-bond donors (Lipinski definition) is 0. The molecule has 1 atom stereocenters. The largest absolute Gasteiger partial charge is 0.302 e. The highest BCUT2D eigenvalue weighted by Gasteiger charge is 2.21. The molecule has 60 valence electrons. The molecule has 0 aromatic heterocycles. The topological polar surface area (TPSA) is 3.24 Å². The average Bonchev–Trinajstić information content (AvgIpc) is 1.88. The molecular formula is C8H17NS. The summed E-state index contributed by atoms with van der Waals surface area (Å²) in [5, 5.41) is 0. The lowest BCUT2D eigenvalue weighted by Crippen LogP contribution is -2.42. The maximum absolute atomic E-state index is 2.49. The molecule has 0 saturated carbocycles. The summed E-state index contributed by atoms with van der Waals surface area (Å²) in [5.41, 5.74) is 0. The average molecular weight is 159 g/mol. The third kappa shape index (κ3) is 1.89. The number of nitrogens with zero attached hydrogens (tertiary/aromatic N) is 1. The first-order chi connectivity index (χ1) is 4.72. The second kappa shape index (κ2) is 3.63. The van der Waals surface area contributed by atoms with Gasteiger partial charge in [-0.1, -0.05) is 13.8 Å². The van der Waals surface area contributed by atoms with Gasteiger partial charge < -0.3 is 4.90 Å². The highest BCUT2D eigenvalue weighted by Crippen LogP contribution is 2.19. The van der Waals surface area contributed by atoms with E-state index in [1.807, 2.05) is 0 Å². The Morgan fingerprint density at radius 3 is 2.60 bits per heavy atom. The zero-order chi connectivity index (χ0) is 7.56. The van der Waals surface area contributed by atoms with Gasteiger partial charge in [0, 0.05) is 24.1 Å². The van der Waals surface area contributed by atoms with E-state index >= 15 is 0 Å². The van der Waals surface area contributed by atoms with Gasteiger partial charge in [-0.3, -0.25) is 0 Å². The van der Waals surface area contributed by atoms with E-state index in [-0.39, 0.29) is 0 Å². The van der Waals surface area contributed by atoms with E-state index in [0.29, 0.717) is 0 Å². The lowest BCUT2D eigenvalue weighted by Gasteiger charge is -2.34. The molecule has 0 radical (unpaired) electrons. The van der Waals surface area contributed by atoms with Gasteiger partial charge in [0.1, 0.15) is 0 Å². The Bertz CT molecular complexity index is 103. The molecule has 1 saturated heterocycles. The first kappa shape index (κ1) is 8.41. The molecule has 1 aliphatic rings. The van der Waals surface area contributed by atoms with Gasteiger partial charge in [0.25, 0.3) is 0 Å². The van der Waals surface area contributed by atoms with Crippen LogP contribution in [0, 0.1) is 5.92 Å². The van der Waals surface area contributed by atoms with Crippen molar-refractivity contribution in [2.75, 3.05) is 25.1 Å². The van der Waals surface area contributed by atoms with Gasteiger partial charge in [0.2, 0.25) is 0 Å². The zero-order valence-electron chi connectivity index (χ0n) is 7.13. The standard InChI is InChI=1S/C8H17NS/c1-7(2)8-6-10-5-4-9(8)3/h7-8H,4-6H2,1-3H3. The second-order valence-corrected chi connectivity index (χ2v) is 4.52. The van der Waals surface area contributed by atoms with Gasteiger partial charge in [-0.05, 0) is 13.0 Å². The smallest absolute Gasteiger partial charge is 0.0206 e. The summed E-state index contributed by atoms with van der Waals surface area (Å²) in [6.45, 7) is 5.90. The van der Waals surface area contributed by atoms with Crippen LogP contribution in [0.15, 0.2) is 0 Å². The van der Waals surface area contributed by atoms with Gasteiger partial charge in [-0.25, -0.2) is 0 Å². The van der Waals surface area contributed by atoms with Crippen LogP contribution in [0.5, 0.6) is 0 Å². The molecule has 1 aliphatic heterocycles. The summed E-state index contributed by atoms with van der Waals surface area (Å²) in [7, 11) is 2.24. The van der Waals surface area contributed by atoms with Crippen molar-refractivity contribution in [3.8, 4) is 0 Å². The van der Waals surface area contributed by atoms with E-state index in [1.54, 1.807) is 0 Å². The van der Waals surface area contributed by atoms with Crippen molar-refractivity contribution in [2.45, 2.75) is 19.9 Å². The lowest BCUT2D eigenvalue weighted by atomic mass is 10.1. The molecule has 1 unspecified atom stereocenters. The second-order valence-electron chi connectivity index (χ2n) is 3.37. The minimum Gasteiger partial charge on any atom is -0.302 e. The Morgan fingerprint density at radius 2 is 2.20 bits per heavy atom. The van der Waals surface area contributed by atoms with E-state index < -0.39 is 0 Å². The molecule has 10 heavy (non-hydrogen) atoms. The fraction of sp³-hybridized carbons (Fsp3) is 1.00. The normalized spacial score (nSPS) is 29.4. The van der Waals surface area contributed by atoms with Gasteiger partial charge in [-0.2, -0.15) is 11.8 Å². The fourth-order valence-corrected chi connectivity index (χ4v) is 2.87. The van der Waals surface area contributed by atoms with E-state index in [1.165, 1.54) is 18.1 Å². The van der Waals surface area contributed by atoms with Crippen molar-refractivity contribution in [1.82, 2.24) is 4.90 Å². The molecule has 0 N–H and O–H groups in total. The maximum atomic E-state index is 2.49. The molecule has 0 amide bonds. The van der Waals surface area contributed by atoms with E-state index in [4.69, 9.17) is 0 Å². The van der Waals surface area contributed by atoms with Gasteiger partial charge in [0.15, 0.2) is 0 Å². The molecule has 0 aliphatic carbocycles. The van der Waals surface area contributed by atoms with E-state index in [2.05, 4.69) is 37.6 Å². The van der Waals surface area contributed by atoms with Crippen molar-refractivity contribution >= 4 is 11.8 Å². The first-order valence-corrected chi connectivity index (χ1v) is 5.15. The van der Waals surface area contributed by atoms with Crippen molar-refractivity contribution in [1.29, 1.82) is 0 Å². The van der Waals surface area contributed by atoms with Crippen molar-refractivity contribution in [3.63, 3.8) is 0 Å². The minimum absolute atomic E-state index is 0.817. The van der Waals surface area contributed by atoms with E-state index in [0.717, 1.165) is 12.0 Å². The van der Waals surface area contributed by atoms with Crippen molar-refractivity contribution in [2.24, 2.45) is 5.92 Å². The summed E-state index contributed by atoms with van der Waals surface area (Å²) in [5.74, 6) is 3.46. The van der Waals surface area contributed by atoms with E-state index in [9.17, 15) is 0 Å². The first-order valence-electron chi connectivity index (χ1n) is 4.00. The van der Waals surface area contributed by atoms with Crippen LogP contribution in [0.2, 0.25) is 0 Å². The third-order valence-corrected chi connectivity index (χ3v) is 3.26. The lowest BCUT2D eigenvalue weighted by molar-refractivity contribution is 0.217. The summed E-state index contributed by atoms with van der Waals surface area (Å²) in [6, 6.07) is 0.818. The number of thioether (sulfide) groups is 1. The molecule has 0 aromatic rings. The monoisotopic (exact) mass is 159 g/mol. The van der Waals surface area contributed by atoms with Crippen LogP contribution < -0.4 is 0 Å². The molecule has 2 heteroatoms. The van der Waals surface area contributed by atoms with Crippen LogP contribution in [0.25, 0.3) is 0 Å². The predicted octanol–water partition coefficient (Wildman–Crippen LogP) is 1.69. The van der Waals surface area contributed by atoms with Crippen LogP contribution in [0.4, 0.5) is 0 Å². The Hall–Kier alpha value is 0.310. The fourth-order valence-electron chi connectivity index (χ4n) is 1.41. The molecule has 1 fully saturated rings. The maximum Gasteiger partial charge on any atom is 0.0206 e. The van der Waals surface area contributed by atoms with Crippen LogP contribution in [0.3, 0.4) is 0 Å². The van der Waals surface area contributed by atoms with Crippen LogP contribution >= 0.6 is 11.8 Å². The van der Waals surface area contributed by atoms with Gasteiger partial charge in [0.05, 0.1) is 0 Å². The highest BCUT2D eigenvalue weighted by atomic mass is 32.2. The molecule has 1 nitrogen and oxygen atoms in total. The molecule has 1 rings (SSSR count). The van der Waals surface area contributed by atoms with Crippen molar-refractivity contribution < 1.29 is 0 Å². The Kier molecular flexibility index (Phi) is 3.05. The summed E-state index contributed by atoms with van der Waals surface area (Å²) in [4.78, 5) is 2.49.